The molecular formula is C25H21N3O5S. The van der Waals surface area contributed by atoms with Crippen molar-refractivity contribution in [3.63, 3.8) is 0 Å². The largest absolute Gasteiger partial charge is 0.497 e. The van der Waals surface area contributed by atoms with Gasteiger partial charge in [0.25, 0.3) is 11.5 Å². The molecule has 3 heterocycles. The Hall–Kier alpha value is -3.98. The third-order valence-corrected chi connectivity index (χ3v) is 7.17. The predicted molar refractivity (Wildman–Crippen MR) is 128 cm³/mol. The average Bonchev–Trinajstić information content (AvgIpc) is 3.30. The van der Waals surface area contributed by atoms with Crippen LogP contribution in [0.3, 0.4) is 0 Å². The number of benzene rings is 2. The maximum Gasteiger partial charge on any atom is 0.338 e. The van der Waals surface area contributed by atoms with Crippen LogP contribution in [0.1, 0.15) is 24.1 Å². The molecule has 1 aromatic heterocycles. The third-order valence-electron chi connectivity index (χ3n) is 6.11. The molecule has 0 N–H and O–H groups in total. The van der Waals surface area contributed by atoms with E-state index in [1.54, 1.807) is 45.3 Å². The van der Waals surface area contributed by atoms with Crippen LogP contribution in [0.25, 0.3) is 5.57 Å². The Labute approximate surface area is 198 Å². The molecule has 0 aliphatic carbocycles. The lowest BCUT2D eigenvalue weighted by atomic mass is 9.96. The van der Waals surface area contributed by atoms with E-state index in [4.69, 9.17) is 9.47 Å². The average molecular weight is 476 g/mol. The Morgan fingerprint density at radius 2 is 1.76 bits per heavy atom. The van der Waals surface area contributed by atoms with E-state index in [0.29, 0.717) is 32.9 Å². The van der Waals surface area contributed by atoms with Crippen molar-refractivity contribution in [2.24, 2.45) is 4.99 Å². The number of anilines is 1. The Morgan fingerprint density at radius 3 is 2.44 bits per heavy atom. The van der Waals surface area contributed by atoms with Crippen LogP contribution in [-0.4, -0.2) is 37.7 Å². The van der Waals surface area contributed by atoms with Gasteiger partial charge in [0.05, 0.1) is 42.8 Å². The standard InChI is InChI=1S/C25H21N3O5S/c1-13-18(24(31)33-4)20(14-9-11-15(32-3)12-10-14)28-23(30)21(34-25(28)26-13)19-16-7-5-6-8-17(16)27(2)22(19)29/h5-12,20H,1-4H3/t20-/m1/s1. The van der Waals surface area contributed by atoms with E-state index < -0.39 is 12.0 Å². The van der Waals surface area contributed by atoms with Crippen LogP contribution < -0.4 is 24.5 Å². The number of carbonyl (C=O) groups is 2. The summed E-state index contributed by atoms with van der Waals surface area (Å²) in [7, 11) is 4.55. The van der Waals surface area contributed by atoms with E-state index >= 15 is 0 Å². The van der Waals surface area contributed by atoms with Gasteiger partial charge in [-0.25, -0.2) is 9.79 Å². The SMILES string of the molecule is COC(=O)C1=C(C)N=c2sc(=C3C(=O)N(C)c4ccccc43)c(=O)n2[C@@H]1c1ccc(OC)cc1. The molecule has 0 saturated carbocycles. The number of fused-ring (bicyclic) bond motifs is 2. The Kier molecular flexibility index (Phi) is 5.21. The highest BCUT2D eigenvalue weighted by Gasteiger charge is 2.36. The second kappa shape index (κ2) is 8.11. The van der Waals surface area contributed by atoms with Crippen molar-refractivity contribution in [1.82, 2.24) is 4.57 Å². The van der Waals surface area contributed by atoms with Gasteiger partial charge in [-0.3, -0.25) is 14.2 Å². The van der Waals surface area contributed by atoms with Gasteiger partial charge in [0.15, 0.2) is 4.80 Å². The molecule has 8 nitrogen and oxygen atoms in total. The molecule has 0 bridgehead atoms. The summed E-state index contributed by atoms with van der Waals surface area (Å²) in [5.41, 5.74) is 2.83. The minimum atomic E-state index is -0.756. The number of hydrogen-bond acceptors (Lipinski definition) is 7. The number of para-hydroxylation sites is 1. The van der Waals surface area contributed by atoms with Crippen LogP contribution in [0.4, 0.5) is 5.69 Å². The van der Waals surface area contributed by atoms with Crippen molar-refractivity contribution in [3.05, 3.63) is 90.6 Å². The number of carbonyl (C=O) groups excluding carboxylic acids is 2. The first-order valence-electron chi connectivity index (χ1n) is 10.5. The van der Waals surface area contributed by atoms with Gasteiger partial charge < -0.3 is 14.4 Å². The molecule has 0 fully saturated rings. The fraction of sp³-hybridized carbons (Fsp3) is 0.200. The minimum absolute atomic E-state index is 0.253. The lowest BCUT2D eigenvalue weighted by molar-refractivity contribution is -0.136. The van der Waals surface area contributed by atoms with E-state index in [9.17, 15) is 14.4 Å². The highest BCUT2D eigenvalue weighted by molar-refractivity contribution is 7.07. The highest BCUT2D eigenvalue weighted by atomic mass is 32.1. The van der Waals surface area contributed by atoms with Gasteiger partial charge in [-0.05, 0) is 30.7 Å². The lowest BCUT2D eigenvalue weighted by Gasteiger charge is -2.24. The number of ether oxygens (including phenoxy) is 2. The monoisotopic (exact) mass is 475 g/mol. The molecule has 0 saturated heterocycles. The van der Waals surface area contributed by atoms with E-state index in [0.717, 1.165) is 17.0 Å². The fourth-order valence-electron chi connectivity index (χ4n) is 4.43. The van der Waals surface area contributed by atoms with Crippen LogP contribution in [-0.2, 0) is 14.3 Å². The quantitative estimate of drug-likeness (QED) is 0.539. The van der Waals surface area contributed by atoms with Crippen molar-refractivity contribution >= 4 is 34.5 Å². The summed E-state index contributed by atoms with van der Waals surface area (Å²) in [6, 6.07) is 13.7. The van der Waals surface area contributed by atoms with Crippen LogP contribution in [0.5, 0.6) is 5.75 Å². The molecule has 3 aromatic rings. The zero-order valence-electron chi connectivity index (χ0n) is 19.0. The first-order valence-corrected chi connectivity index (χ1v) is 11.3. The summed E-state index contributed by atoms with van der Waals surface area (Å²) in [5, 5.41) is 0. The molecule has 5 rings (SSSR count). The molecule has 0 unspecified atom stereocenters. The number of likely N-dealkylation sites (N-methyl/N-ethyl adjacent to an activating group) is 1. The number of nitrogens with zero attached hydrogens (tertiary/aromatic N) is 3. The van der Waals surface area contributed by atoms with Gasteiger partial charge >= 0.3 is 5.97 Å². The number of methoxy groups -OCH3 is 2. The molecule has 2 aliphatic heterocycles. The Morgan fingerprint density at radius 1 is 1.06 bits per heavy atom. The Bertz CT molecular complexity index is 1560. The maximum absolute atomic E-state index is 13.9. The van der Waals surface area contributed by atoms with Crippen molar-refractivity contribution in [2.45, 2.75) is 13.0 Å². The second-order valence-electron chi connectivity index (χ2n) is 7.92. The number of esters is 1. The number of hydrogen-bond donors (Lipinski definition) is 0. The van der Waals surface area contributed by atoms with Crippen LogP contribution in [0, 0.1) is 0 Å². The third kappa shape index (κ3) is 3.12. The summed E-state index contributed by atoms with van der Waals surface area (Å²) in [6.07, 6.45) is 0. The van der Waals surface area contributed by atoms with Crippen molar-refractivity contribution < 1.29 is 19.1 Å². The van der Waals surface area contributed by atoms with Gasteiger partial charge in [0.1, 0.15) is 10.3 Å². The highest BCUT2D eigenvalue weighted by Crippen LogP contribution is 2.34. The zero-order chi connectivity index (χ0) is 24.1. The molecule has 1 amide bonds. The van der Waals surface area contributed by atoms with Gasteiger partial charge in [-0.15, -0.1) is 0 Å². The molecular weight excluding hydrogens is 454 g/mol. The van der Waals surface area contributed by atoms with Crippen LogP contribution in [0.15, 0.2) is 69.6 Å². The smallest absolute Gasteiger partial charge is 0.338 e. The first-order chi connectivity index (χ1) is 16.4. The second-order valence-corrected chi connectivity index (χ2v) is 8.90. The summed E-state index contributed by atoms with van der Waals surface area (Å²) < 4.78 is 12.1. The van der Waals surface area contributed by atoms with E-state index in [-0.39, 0.29) is 21.6 Å². The molecule has 2 aromatic carbocycles. The van der Waals surface area contributed by atoms with E-state index in [1.807, 2.05) is 24.3 Å². The first kappa shape index (κ1) is 21.8. The molecule has 1 atom stereocenters. The van der Waals surface area contributed by atoms with Crippen molar-refractivity contribution in [3.8, 4) is 5.75 Å². The minimum Gasteiger partial charge on any atom is -0.497 e. The van der Waals surface area contributed by atoms with Gasteiger partial charge in [0.2, 0.25) is 0 Å². The molecule has 0 radical (unpaired) electrons. The number of rotatable bonds is 3. The topological polar surface area (TPSA) is 90.2 Å². The van der Waals surface area contributed by atoms with Gasteiger partial charge in [-0.2, -0.15) is 0 Å². The number of aromatic nitrogens is 1. The predicted octanol–water partition coefficient (Wildman–Crippen LogP) is 1.76. The van der Waals surface area contributed by atoms with Crippen LogP contribution in [0.2, 0.25) is 0 Å². The summed E-state index contributed by atoms with van der Waals surface area (Å²) in [4.78, 5) is 46.3. The normalized spacial score (nSPS) is 18.4. The summed E-state index contributed by atoms with van der Waals surface area (Å²) >= 11 is 1.15. The van der Waals surface area contributed by atoms with Crippen molar-refractivity contribution in [1.29, 1.82) is 0 Å². The van der Waals surface area contributed by atoms with Crippen LogP contribution >= 0.6 is 11.3 Å². The molecule has 0 spiro atoms. The van der Waals surface area contributed by atoms with E-state index in [2.05, 4.69) is 4.99 Å². The summed E-state index contributed by atoms with van der Waals surface area (Å²) in [6.45, 7) is 1.72. The number of thiazole rings is 1. The van der Waals surface area contributed by atoms with Crippen molar-refractivity contribution in [2.75, 3.05) is 26.2 Å². The Balaban J connectivity index is 1.83. The summed E-state index contributed by atoms with van der Waals surface area (Å²) in [5.74, 6) is -0.173. The molecule has 34 heavy (non-hydrogen) atoms. The maximum atomic E-state index is 13.9. The molecule has 172 valence electrons. The molecule has 9 heteroatoms. The fourth-order valence-corrected chi connectivity index (χ4v) is 5.57. The molecule has 2 aliphatic rings. The number of amides is 1. The zero-order valence-corrected chi connectivity index (χ0v) is 19.8. The van der Waals surface area contributed by atoms with Gasteiger partial charge in [0, 0.05) is 12.6 Å². The van der Waals surface area contributed by atoms with E-state index in [1.165, 1.54) is 16.6 Å². The lowest BCUT2D eigenvalue weighted by Crippen LogP contribution is -2.40. The number of allylic oxidation sites excluding steroid dienone is 1. The van der Waals surface area contributed by atoms with Gasteiger partial charge in [-0.1, -0.05) is 41.7 Å².